The Morgan fingerprint density at radius 3 is 2.60 bits per heavy atom. The molecular weight excluding hydrogens is 276 g/mol. The summed E-state index contributed by atoms with van der Waals surface area (Å²) < 4.78 is 4.43. The van der Waals surface area contributed by atoms with Gasteiger partial charge in [0.15, 0.2) is 16.3 Å². The van der Waals surface area contributed by atoms with Crippen LogP contribution >= 0.6 is 11.8 Å². The molecule has 20 heavy (non-hydrogen) atoms. The van der Waals surface area contributed by atoms with E-state index in [1.54, 1.807) is 13.1 Å². The fraction of sp³-hybridized carbons (Fsp3) is 0.462. The first kappa shape index (κ1) is 14.6. The molecule has 0 unspecified atom stereocenters. The normalized spacial score (nSPS) is 11.2. The van der Waals surface area contributed by atoms with Gasteiger partial charge in [-0.15, -0.1) is 6.58 Å². The summed E-state index contributed by atoms with van der Waals surface area (Å²) in [5.74, 6) is 0.710. The second-order valence-electron chi connectivity index (χ2n) is 4.52. The van der Waals surface area contributed by atoms with Crippen molar-refractivity contribution in [2.45, 2.75) is 25.0 Å². The molecular formula is C13H18N4O2S. The first-order valence-corrected chi connectivity index (χ1v) is 7.41. The number of imidazole rings is 1. The van der Waals surface area contributed by atoms with Crippen LogP contribution in [0.25, 0.3) is 11.2 Å². The number of thioether (sulfide) groups is 1. The highest BCUT2D eigenvalue weighted by Crippen LogP contribution is 2.21. The van der Waals surface area contributed by atoms with Crippen LogP contribution in [0.4, 0.5) is 0 Å². The van der Waals surface area contributed by atoms with Gasteiger partial charge in [0.25, 0.3) is 5.56 Å². The van der Waals surface area contributed by atoms with Crippen LogP contribution in [0.15, 0.2) is 27.4 Å². The monoisotopic (exact) mass is 294 g/mol. The molecule has 0 bridgehead atoms. The molecule has 0 fully saturated rings. The first-order chi connectivity index (χ1) is 9.52. The Morgan fingerprint density at radius 2 is 2.00 bits per heavy atom. The van der Waals surface area contributed by atoms with Gasteiger partial charge in [-0.3, -0.25) is 13.9 Å². The van der Waals surface area contributed by atoms with E-state index in [0.717, 1.165) is 16.1 Å². The summed E-state index contributed by atoms with van der Waals surface area (Å²) in [6.45, 7) is 6.43. The zero-order chi connectivity index (χ0) is 14.9. The lowest BCUT2D eigenvalue weighted by Crippen LogP contribution is -2.37. The summed E-state index contributed by atoms with van der Waals surface area (Å²) in [6.07, 6.45) is 2.68. The van der Waals surface area contributed by atoms with Crippen LogP contribution in [0, 0.1) is 0 Å². The van der Waals surface area contributed by atoms with Gasteiger partial charge >= 0.3 is 5.69 Å². The Morgan fingerprint density at radius 1 is 1.30 bits per heavy atom. The summed E-state index contributed by atoms with van der Waals surface area (Å²) in [6, 6.07) is 0. The van der Waals surface area contributed by atoms with Crippen LogP contribution in [0.1, 0.15) is 13.3 Å². The highest BCUT2D eigenvalue weighted by molar-refractivity contribution is 7.99. The standard InChI is InChI=1S/C13H18N4O2S/c1-5-7-17-9-10(14-12(17)20-8-6-2)15(3)13(19)16(4)11(9)18/h6H,2,5,7-8H2,1,3-4H3. The fourth-order valence-electron chi connectivity index (χ4n) is 2.10. The maximum atomic E-state index is 12.3. The van der Waals surface area contributed by atoms with Gasteiger partial charge in [0.1, 0.15) is 0 Å². The molecule has 0 aliphatic carbocycles. The van der Waals surface area contributed by atoms with Gasteiger partial charge in [0, 0.05) is 26.4 Å². The minimum Gasteiger partial charge on any atom is -0.313 e. The zero-order valence-corrected chi connectivity index (χ0v) is 12.7. The molecule has 0 amide bonds. The van der Waals surface area contributed by atoms with Crippen LogP contribution in [0.3, 0.4) is 0 Å². The van der Waals surface area contributed by atoms with E-state index >= 15 is 0 Å². The Labute approximate surface area is 120 Å². The third-order valence-corrected chi connectivity index (χ3v) is 4.06. The summed E-state index contributed by atoms with van der Waals surface area (Å²) in [5.41, 5.74) is 0.277. The van der Waals surface area contributed by atoms with E-state index in [4.69, 9.17) is 0 Å². The average Bonchev–Trinajstić information content (AvgIpc) is 2.80. The van der Waals surface area contributed by atoms with Gasteiger partial charge < -0.3 is 4.57 Å². The molecule has 108 valence electrons. The van der Waals surface area contributed by atoms with E-state index < -0.39 is 0 Å². The van der Waals surface area contributed by atoms with Crippen molar-refractivity contribution >= 4 is 22.9 Å². The lowest BCUT2D eigenvalue weighted by atomic mass is 10.4. The minimum atomic E-state index is -0.357. The van der Waals surface area contributed by atoms with Crippen molar-refractivity contribution in [3.8, 4) is 0 Å². The van der Waals surface area contributed by atoms with E-state index in [9.17, 15) is 9.59 Å². The summed E-state index contributed by atoms with van der Waals surface area (Å²) in [7, 11) is 3.12. The van der Waals surface area contributed by atoms with E-state index in [1.165, 1.54) is 23.4 Å². The molecule has 2 aromatic heterocycles. The van der Waals surface area contributed by atoms with Crippen molar-refractivity contribution < 1.29 is 0 Å². The summed E-state index contributed by atoms with van der Waals surface area (Å²) in [4.78, 5) is 28.8. The number of aromatic nitrogens is 4. The van der Waals surface area contributed by atoms with Gasteiger partial charge in [0.05, 0.1) is 0 Å². The quantitative estimate of drug-likeness (QED) is 0.612. The summed E-state index contributed by atoms with van der Waals surface area (Å²) in [5, 5.41) is 0.750. The smallest absolute Gasteiger partial charge is 0.313 e. The predicted molar refractivity (Wildman–Crippen MR) is 81.4 cm³/mol. The second kappa shape index (κ2) is 5.70. The maximum Gasteiger partial charge on any atom is 0.332 e. The molecule has 0 atom stereocenters. The second-order valence-corrected chi connectivity index (χ2v) is 5.51. The molecule has 0 saturated heterocycles. The minimum absolute atomic E-state index is 0.297. The third kappa shape index (κ3) is 2.22. The van der Waals surface area contributed by atoms with Crippen LogP contribution in [0.2, 0.25) is 0 Å². The zero-order valence-electron chi connectivity index (χ0n) is 11.9. The molecule has 6 nitrogen and oxygen atoms in total. The molecule has 0 spiro atoms. The number of rotatable bonds is 5. The first-order valence-electron chi connectivity index (χ1n) is 6.42. The Bertz CT molecular complexity index is 769. The third-order valence-electron chi connectivity index (χ3n) is 3.09. The Balaban J connectivity index is 2.84. The van der Waals surface area contributed by atoms with Gasteiger partial charge in [-0.25, -0.2) is 9.78 Å². The fourth-order valence-corrected chi connectivity index (χ4v) is 2.86. The van der Waals surface area contributed by atoms with Gasteiger partial charge in [-0.05, 0) is 6.42 Å². The van der Waals surface area contributed by atoms with Gasteiger partial charge in [-0.2, -0.15) is 0 Å². The maximum absolute atomic E-state index is 12.3. The summed E-state index contributed by atoms with van der Waals surface area (Å²) >= 11 is 1.51. The topological polar surface area (TPSA) is 61.8 Å². The Hall–Kier alpha value is -1.76. The van der Waals surface area contributed by atoms with E-state index in [2.05, 4.69) is 11.6 Å². The van der Waals surface area contributed by atoms with Crippen LogP contribution in [0.5, 0.6) is 0 Å². The highest BCUT2D eigenvalue weighted by atomic mass is 32.2. The number of hydrogen-bond donors (Lipinski definition) is 0. The molecule has 0 N–H and O–H groups in total. The van der Waals surface area contributed by atoms with Crippen molar-refractivity contribution in [3.05, 3.63) is 33.5 Å². The van der Waals surface area contributed by atoms with Crippen LogP contribution in [-0.2, 0) is 20.6 Å². The van der Waals surface area contributed by atoms with Crippen LogP contribution in [-0.4, -0.2) is 24.4 Å². The van der Waals surface area contributed by atoms with Crippen molar-refractivity contribution in [1.29, 1.82) is 0 Å². The molecule has 0 aliphatic heterocycles. The highest BCUT2D eigenvalue weighted by Gasteiger charge is 2.18. The lowest BCUT2D eigenvalue weighted by molar-refractivity contribution is 0.632. The molecule has 0 saturated carbocycles. The van der Waals surface area contributed by atoms with Crippen molar-refractivity contribution in [1.82, 2.24) is 18.7 Å². The SMILES string of the molecule is C=CCSc1nc2c(c(=O)n(C)c(=O)n2C)n1CCC. The molecule has 0 aliphatic rings. The van der Waals surface area contributed by atoms with Gasteiger partial charge in [0.2, 0.25) is 0 Å². The predicted octanol–water partition coefficient (Wildman–Crippen LogP) is 1.12. The molecule has 7 heteroatoms. The average molecular weight is 294 g/mol. The molecule has 2 heterocycles. The van der Waals surface area contributed by atoms with Crippen molar-refractivity contribution in [3.63, 3.8) is 0 Å². The molecule has 2 aromatic rings. The van der Waals surface area contributed by atoms with Crippen LogP contribution < -0.4 is 11.2 Å². The van der Waals surface area contributed by atoms with E-state index in [0.29, 0.717) is 23.5 Å². The number of fused-ring (bicyclic) bond motifs is 1. The molecule has 2 rings (SSSR count). The Kier molecular flexibility index (Phi) is 4.17. The molecule has 0 radical (unpaired) electrons. The lowest BCUT2D eigenvalue weighted by Gasteiger charge is -2.07. The van der Waals surface area contributed by atoms with Crippen molar-refractivity contribution in [2.24, 2.45) is 14.1 Å². The van der Waals surface area contributed by atoms with E-state index in [-0.39, 0.29) is 11.2 Å². The number of aryl methyl sites for hydroxylation is 2. The largest absolute Gasteiger partial charge is 0.332 e. The van der Waals surface area contributed by atoms with Gasteiger partial charge in [-0.1, -0.05) is 24.8 Å². The number of hydrogen-bond acceptors (Lipinski definition) is 4. The van der Waals surface area contributed by atoms with Crippen molar-refractivity contribution in [2.75, 3.05) is 5.75 Å². The van der Waals surface area contributed by atoms with E-state index in [1.807, 2.05) is 11.5 Å². The molecule has 0 aromatic carbocycles. The number of nitrogens with zero attached hydrogens (tertiary/aromatic N) is 4.